The first-order valence-electron chi connectivity index (χ1n) is 10.1. The highest BCUT2D eigenvalue weighted by Gasteiger charge is 2.16. The standard InChI is InChI=1S/C10H20.C9H18.C2H6/c1-9(2)10-7-5-3-4-6-8-10;1-8(2)9-6-4-3-5-7-9;1-2/h9-10H,3-8H2,1-2H3;8-9H,3-7H2,1-2H3;1-2H3. The van der Waals surface area contributed by atoms with Gasteiger partial charge in [0.2, 0.25) is 0 Å². The summed E-state index contributed by atoms with van der Waals surface area (Å²) in [6.07, 6.45) is 16.4. The molecule has 0 aromatic rings. The Bertz CT molecular complexity index is 190. The summed E-state index contributed by atoms with van der Waals surface area (Å²) in [6.45, 7) is 13.5. The van der Waals surface area contributed by atoms with E-state index in [1.807, 2.05) is 13.8 Å². The van der Waals surface area contributed by atoms with Crippen LogP contribution in [-0.4, -0.2) is 0 Å². The fraction of sp³-hybridized carbons (Fsp3) is 1.00. The summed E-state index contributed by atoms with van der Waals surface area (Å²) in [5, 5.41) is 0. The van der Waals surface area contributed by atoms with Crippen LogP contribution in [0.3, 0.4) is 0 Å². The second kappa shape index (κ2) is 13.6. The van der Waals surface area contributed by atoms with E-state index in [0.717, 1.165) is 23.7 Å². The fourth-order valence-corrected chi connectivity index (χ4v) is 3.78. The van der Waals surface area contributed by atoms with Crippen LogP contribution in [0, 0.1) is 23.7 Å². The Morgan fingerprint density at radius 2 is 0.714 bits per heavy atom. The smallest absolute Gasteiger partial charge is 0.0391 e. The van der Waals surface area contributed by atoms with Crippen molar-refractivity contribution in [1.29, 1.82) is 0 Å². The molecular formula is C21H44. The van der Waals surface area contributed by atoms with Gasteiger partial charge in [0.25, 0.3) is 0 Å². The van der Waals surface area contributed by atoms with Crippen molar-refractivity contribution >= 4 is 0 Å². The molecule has 0 heteroatoms. The summed E-state index contributed by atoms with van der Waals surface area (Å²) in [5.74, 6) is 3.96. The van der Waals surface area contributed by atoms with Crippen molar-refractivity contribution in [3.05, 3.63) is 0 Å². The van der Waals surface area contributed by atoms with Gasteiger partial charge in [-0.15, -0.1) is 0 Å². The molecule has 0 aromatic carbocycles. The summed E-state index contributed by atoms with van der Waals surface area (Å²) in [7, 11) is 0. The lowest BCUT2D eigenvalue weighted by atomic mass is 9.82. The van der Waals surface area contributed by atoms with E-state index in [2.05, 4.69) is 27.7 Å². The molecule has 0 amide bonds. The molecule has 0 atom stereocenters. The predicted molar refractivity (Wildman–Crippen MR) is 98.8 cm³/mol. The number of rotatable bonds is 2. The van der Waals surface area contributed by atoms with Crippen molar-refractivity contribution in [2.45, 2.75) is 112 Å². The molecule has 2 saturated carbocycles. The summed E-state index contributed by atoms with van der Waals surface area (Å²) in [6, 6.07) is 0. The van der Waals surface area contributed by atoms with Crippen LogP contribution in [0.1, 0.15) is 112 Å². The quantitative estimate of drug-likeness (QED) is 0.455. The van der Waals surface area contributed by atoms with Crippen LogP contribution in [0.25, 0.3) is 0 Å². The molecule has 0 aliphatic heterocycles. The average molecular weight is 297 g/mol. The van der Waals surface area contributed by atoms with Gasteiger partial charge in [-0.3, -0.25) is 0 Å². The van der Waals surface area contributed by atoms with Gasteiger partial charge in [0.1, 0.15) is 0 Å². The van der Waals surface area contributed by atoms with E-state index in [1.165, 1.54) is 70.6 Å². The highest BCUT2D eigenvalue weighted by Crippen LogP contribution is 2.29. The van der Waals surface area contributed by atoms with Gasteiger partial charge in [0.15, 0.2) is 0 Å². The van der Waals surface area contributed by atoms with Crippen molar-refractivity contribution < 1.29 is 0 Å². The van der Waals surface area contributed by atoms with Crippen LogP contribution in [-0.2, 0) is 0 Å². The molecule has 0 radical (unpaired) electrons. The van der Waals surface area contributed by atoms with Crippen LogP contribution >= 0.6 is 0 Å². The van der Waals surface area contributed by atoms with E-state index < -0.39 is 0 Å². The zero-order valence-corrected chi connectivity index (χ0v) is 16.1. The predicted octanol–water partition coefficient (Wildman–Crippen LogP) is 7.86. The SMILES string of the molecule is CC.CC(C)C1CCCCC1.CC(C)C1CCCCCC1. The van der Waals surface area contributed by atoms with Gasteiger partial charge in [0, 0.05) is 0 Å². The van der Waals surface area contributed by atoms with Gasteiger partial charge in [-0.1, -0.05) is 112 Å². The highest BCUT2D eigenvalue weighted by molar-refractivity contribution is 4.68. The van der Waals surface area contributed by atoms with Crippen molar-refractivity contribution in [2.24, 2.45) is 23.7 Å². The molecule has 2 aliphatic carbocycles. The third-order valence-corrected chi connectivity index (χ3v) is 5.44. The van der Waals surface area contributed by atoms with Crippen LogP contribution in [0.4, 0.5) is 0 Å². The molecule has 0 heterocycles. The van der Waals surface area contributed by atoms with Crippen molar-refractivity contribution in [3.63, 3.8) is 0 Å². The Balaban J connectivity index is 0.000000342. The third-order valence-electron chi connectivity index (χ3n) is 5.44. The molecule has 0 saturated heterocycles. The Morgan fingerprint density at radius 1 is 0.476 bits per heavy atom. The van der Waals surface area contributed by atoms with Crippen LogP contribution in [0.15, 0.2) is 0 Å². The Labute approximate surface area is 136 Å². The van der Waals surface area contributed by atoms with Gasteiger partial charge >= 0.3 is 0 Å². The molecule has 2 rings (SSSR count). The minimum atomic E-state index is 0.929. The van der Waals surface area contributed by atoms with E-state index >= 15 is 0 Å². The van der Waals surface area contributed by atoms with E-state index in [0.29, 0.717) is 0 Å². The van der Waals surface area contributed by atoms with Crippen molar-refractivity contribution in [2.75, 3.05) is 0 Å². The second-order valence-corrected chi connectivity index (χ2v) is 7.64. The van der Waals surface area contributed by atoms with E-state index in [1.54, 1.807) is 0 Å². The summed E-state index contributed by atoms with van der Waals surface area (Å²) in [5.41, 5.74) is 0. The van der Waals surface area contributed by atoms with Gasteiger partial charge < -0.3 is 0 Å². The monoisotopic (exact) mass is 296 g/mol. The highest BCUT2D eigenvalue weighted by atomic mass is 14.2. The molecular weight excluding hydrogens is 252 g/mol. The maximum absolute atomic E-state index is 2.37. The second-order valence-electron chi connectivity index (χ2n) is 7.64. The first kappa shape index (κ1) is 21.0. The topological polar surface area (TPSA) is 0 Å². The van der Waals surface area contributed by atoms with Gasteiger partial charge in [0.05, 0.1) is 0 Å². The molecule has 0 N–H and O–H groups in total. The molecule has 0 bridgehead atoms. The minimum absolute atomic E-state index is 0.929. The largest absolute Gasteiger partial charge is 0.0683 e. The lowest BCUT2D eigenvalue weighted by Crippen LogP contribution is -2.12. The molecule has 0 aromatic heterocycles. The molecule has 128 valence electrons. The zero-order valence-electron chi connectivity index (χ0n) is 16.1. The van der Waals surface area contributed by atoms with Gasteiger partial charge in [-0.2, -0.15) is 0 Å². The molecule has 0 spiro atoms. The van der Waals surface area contributed by atoms with Crippen LogP contribution in [0.2, 0.25) is 0 Å². The van der Waals surface area contributed by atoms with E-state index in [4.69, 9.17) is 0 Å². The Hall–Kier alpha value is 0. The van der Waals surface area contributed by atoms with Crippen LogP contribution < -0.4 is 0 Å². The maximum Gasteiger partial charge on any atom is -0.0391 e. The summed E-state index contributed by atoms with van der Waals surface area (Å²) in [4.78, 5) is 0. The Kier molecular flexibility index (Phi) is 13.6. The summed E-state index contributed by atoms with van der Waals surface area (Å²) < 4.78 is 0. The van der Waals surface area contributed by atoms with Crippen LogP contribution in [0.5, 0.6) is 0 Å². The molecule has 0 nitrogen and oxygen atoms in total. The first-order chi connectivity index (χ1) is 10.1. The summed E-state index contributed by atoms with van der Waals surface area (Å²) >= 11 is 0. The van der Waals surface area contributed by atoms with Crippen molar-refractivity contribution in [3.8, 4) is 0 Å². The fourth-order valence-electron chi connectivity index (χ4n) is 3.78. The lowest BCUT2D eigenvalue weighted by Gasteiger charge is -2.24. The van der Waals surface area contributed by atoms with Gasteiger partial charge in [-0.05, 0) is 23.7 Å². The lowest BCUT2D eigenvalue weighted by molar-refractivity contribution is 0.279. The first-order valence-corrected chi connectivity index (χ1v) is 10.1. The van der Waals surface area contributed by atoms with Crippen molar-refractivity contribution in [1.82, 2.24) is 0 Å². The minimum Gasteiger partial charge on any atom is -0.0683 e. The van der Waals surface area contributed by atoms with E-state index in [9.17, 15) is 0 Å². The molecule has 2 fully saturated rings. The molecule has 0 unspecified atom stereocenters. The normalized spacial score (nSPS) is 21.1. The Morgan fingerprint density at radius 3 is 0.952 bits per heavy atom. The van der Waals surface area contributed by atoms with Gasteiger partial charge in [-0.25, -0.2) is 0 Å². The number of hydrogen-bond donors (Lipinski definition) is 0. The number of hydrogen-bond acceptors (Lipinski definition) is 0. The zero-order chi connectivity index (χ0) is 16.1. The molecule has 21 heavy (non-hydrogen) atoms. The van der Waals surface area contributed by atoms with E-state index in [-0.39, 0.29) is 0 Å². The third kappa shape index (κ3) is 10.4. The average Bonchev–Trinajstić information content (AvgIpc) is 2.80. The maximum atomic E-state index is 2.37. The molecule has 2 aliphatic rings.